The van der Waals surface area contributed by atoms with Crippen LogP contribution in [0.15, 0.2) is 21.7 Å². The average Bonchev–Trinajstić information content (AvgIpc) is 3.31. The fourth-order valence-corrected chi connectivity index (χ4v) is 7.99. The number of aryl methyl sites for hydroxylation is 1. The van der Waals surface area contributed by atoms with Crippen molar-refractivity contribution in [3.63, 3.8) is 0 Å². The molecule has 2 aromatic heterocycles. The Morgan fingerprint density at radius 1 is 1.24 bits per heavy atom. The molecule has 0 spiro atoms. The normalized spacial score (nSPS) is 20.4. The molecule has 0 aromatic carbocycles. The van der Waals surface area contributed by atoms with Gasteiger partial charge in [-0.05, 0) is 55.5 Å². The lowest BCUT2D eigenvalue weighted by Crippen LogP contribution is -2.43. The SMILES string of the molecule is N#Cc1c(NC(=O)C2CCCN(S(=O)(=O)c3cccs3)C2)sc2c1CCCCC2. The topological polar surface area (TPSA) is 90.3 Å². The molecule has 0 bridgehead atoms. The smallest absolute Gasteiger partial charge is 0.252 e. The molecular weight excluding hydrogens is 426 g/mol. The van der Waals surface area contributed by atoms with Gasteiger partial charge in [0.1, 0.15) is 15.3 Å². The Balaban J connectivity index is 1.50. The standard InChI is InChI=1S/C20H23N3O3S3/c21-12-16-15-7-2-1-3-8-17(15)28-20(16)22-19(24)14-6-4-10-23(13-14)29(25,26)18-9-5-11-27-18/h5,9,11,14H,1-4,6-8,10,13H2,(H,22,24). The summed E-state index contributed by atoms with van der Waals surface area (Å²) >= 11 is 2.71. The van der Waals surface area contributed by atoms with Gasteiger partial charge in [0.05, 0.1) is 11.5 Å². The minimum atomic E-state index is -3.56. The number of nitrogens with one attached hydrogen (secondary N) is 1. The van der Waals surface area contributed by atoms with Crippen molar-refractivity contribution in [3.05, 3.63) is 33.5 Å². The molecule has 1 fully saturated rings. The molecule has 1 saturated heterocycles. The zero-order valence-electron chi connectivity index (χ0n) is 16.0. The molecule has 1 N–H and O–H groups in total. The van der Waals surface area contributed by atoms with E-state index in [1.165, 1.54) is 38.3 Å². The van der Waals surface area contributed by atoms with Crippen LogP contribution in [0.1, 0.15) is 48.1 Å². The first-order valence-corrected chi connectivity index (χ1v) is 13.0. The highest BCUT2D eigenvalue weighted by molar-refractivity contribution is 7.91. The van der Waals surface area contributed by atoms with Gasteiger partial charge in [-0.1, -0.05) is 12.5 Å². The van der Waals surface area contributed by atoms with Gasteiger partial charge in [0.25, 0.3) is 10.0 Å². The summed E-state index contributed by atoms with van der Waals surface area (Å²) in [6.07, 6.45) is 6.50. The fraction of sp³-hybridized carbons (Fsp3) is 0.500. The average molecular weight is 450 g/mol. The van der Waals surface area contributed by atoms with Crippen LogP contribution >= 0.6 is 22.7 Å². The number of carbonyl (C=O) groups is 1. The van der Waals surface area contributed by atoms with E-state index in [1.807, 2.05) is 0 Å². The van der Waals surface area contributed by atoms with Crippen molar-refractivity contribution in [1.29, 1.82) is 5.26 Å². The van der Waals surface area contributed by atoms with E-state index in [0.717, 1.165) is 31.2 Å². The van der Waals surface area contributed by atoms with E-state index in [-0.39, 0.29) is 12.5 Å². The van der Waals surface area contributed by atoms with Gasteiger partial charge in [-0.25, -0.2) is 8.42 Å². The number of carbonyl (C=O) groups excluding carboxylic acids is 1. The molecule has 9 heteroatoms. The van der Waals surface area contributed by atoms with E-state index in [0.29, 0.717) is 34.2 Å². The van der Waals surface area contributed by atoms with Gasteiger partial charge in [0.2, 0.25) is 5.91 Å². The Hall–Kier alpha value is -1.73. The number of fused-ring (bicyclic) bond motifs is 1. The molecule has 2 aliphatic rings. The summed E-state index contributed by atoms with van der Waals surface area (Å²) in [5.74, 6) is -0.601. The zero-order valence-corrected chi connectivity index (χ0v) is 18.5. The minimum absolute atomic E-state index is 0.180. The van der Waals surface area contributed by atoms with E-state index in [4.69, 9.17) is 0 Å². The monoisotopic (exact) mass is 449 g/mol. The van der Waals surface area contributed by atoms with Crippen LogP contribution in [0.4, 0.5) is 5.00 Å². The maximum atomic E-state index is 12.9. The Labute approximate surface area is 179 Å². The summed E-state index contributed by atoms with van der Waals surface area (Å²) < 4.78 is 27.3. The van der Waals surface area contributed by atoms with Crippen LogP contribution in [0.3, 0.4) is 0 Å². The number of piperidine rings is 1. The van der Waals surface area contributed by atoms with Crippen molar-refractivity contribution in [1.82, 2.24) is 4.31 Å². The third-order valence-electron chi connectivity index (χ3n) is 5.61. The van der Waals surface area contributed by atoms with E-state index < -0.39 is 15.9 Å². The van der Waals surface area contributed by atoms with E-state index in [2.05, 4.69) is 11.4 Å². The Morgan fingerprint density at radius 3 is 2.83 bits per heavy atom. The Bertz CT molecular complexity index is 1040. The molecule has 1 aliphatic carbocycles. The summed E-state index contributed by atoms with van der Waals surface area (Å²) in [5.41, 5.74) is 1.69. The highest BCUT2D eigenvalue weighted by Gasteiger charge is 2.34. The second-order valence-electron chi connectivity index (χ2n) is 7.50. The van der Waals surface area contributed by atoms with Crippen molar-refractivity contribution in [2.45, 2.75) is 49.2 Å². The zero-order chi connectivity index (χ0) is 20.4. The van der Waals surface area contributed by atoms with Crippen molar-refractivity contribution in [2.24, 2.45) is 5.92 Å². The first kappa shape index (κ1) is 20.5. The van der Waals surface area contributed by atoms with Crippen molar-refractivity contribution in [3.8, 4) is 6.07 Å². The molecule has 0 saturated carbocycles. The number of hydrogen-bond donors (Lipinski definition) is 1. The van der Waals surface area contributed by atoms with Crippen LogP contribution in [-0.4, -0.2) is 31.7 Å². The van der Waals surface area contributed by atoms with Crippen molar-refractivity contribution < 1.29 is 13.2 Å². The number of nitrogens with zero attached hydrogens (tertiary/aromatic N) is 2. The largest absolute Gasteiger partial charge is 0.316 e. The molecule has 0 radical (unpaired) electrons. The molecule has 1 atom stereocenters. The number of thiophene rings is 2. The molecule has 4 rings (SSSR count). The predicted octanol–water partition coefficient (Wildman–Crippen LogP) is 3.99. The number of sulfonamides is 1. The summed E-state index contributed by atoms with van der Waals surface area (Å²) in [4.78, 5) is 14.2. The molecule has 2 aromatic rings. The molecule has 6 nitrogen and oxygen atoms in total. The predicted molar refractivity (Wildman–Crippen MR) is 115 cm³/mol. The van der Waals surface area contributed by atoms with Crippen LogP contribution in [0, 0.1) is 17.2 Å². The lowest BCUT2D eigenvalue weighted by molar-refractivity contribution is -0.120. The van der Waals surface area contributed by atoms with E-state index in [1.54, 1.807) is 17.5 Å². The fourth-order valence-electron chi connectivity index (χ4n) is 4.08. The van der Waals surface area contributed by atoms with Gasteiger partial charge in [0.15, 0.2) is 0 Å². The molecular formula is C20H23N3O3S3. The quantitative estimate of drug-likeness (QED) is 0.715. The number of amides is 1. The highest BCUT2D eigenvalue weighted by atomic mass is 32.2. The van der Waals surface area contributed by atoms with Crippen LogP contribution in [0.2, 0.25) is 0 Å². The van der Waals surface area contributed by atoms with Crippen LogP contribution in [0.5, 0.6) is 0 Å². The van der Waals surface area contributed by atoms with Gasteiger partial charge in [-0.3, -0.25) is 4.79 Å². The summed E-state index contributed by atoms with van der Waals surface area (Å²) in [6.45, 7) is 0.611. The summed E-state index contributed by atoms with van der Waals surface area (Å²) in [6, 6.07) is 5.60. The molecule has 29 heavy (non-hydrogen) atoms. The lowest BCUT2D eigenvalue weighted by atomic mass is 9.98. The first-order valence-electron chi connectivity index (χ1n) is 9.90. The number of anilines is 1. The molecule has 1 aliphatic heterocycles. The second-order valence-corrected chi connectivity index (χ2v) is 11.7. The second kappa shape index (κ2) is 8.56. The van der Waals surface area contributed by atoms with Crippen LogP contribution < -0.4 is 5.32 Å². The van der Waals surface area contributed by atoms with Gasteiger partial charge in [-0.15, -0.1) is 22.7 Å². The highest BCUT2D eigenvalue weighted by Crippen LogP contribution is 2.37. The van der Waals surface area contributed by atoms with E-state index in [9.17, 15) is 18.5 Å². The summed E-state index contributed by atoms with van der Waals surface area (Å²) in [7, 11) is -3.56. The van der Waals surface area contributed by atoms with Crippen LogP contribution in [-0.2, 0) is 27.7 Å². The molecule has 1 unspecified atom stereocenters. The maximum absolute atomic E-state index is 12.9. The first-order chi connectivity index (χ1) is 14.0. The molecule has 1 amide bonds. The van der Waals surface area contributed by atoms with Crippen LogP contribution in [0.25, 0.3) is 0 Å². The van der Waals surface area contributed by atoms with E-state index >= 15 is 0 Å². The summed E-state index contributed by atoms with van der Waals surface area (Å²) in [5, 5.41) is 15.0. The third-order valence-corrected chi connectivity index (χ3v) is 10.1. The van der Waals surface area contributed by atoms with Gasteiger partial charge < -0.3 is 5.32 Å². The minimum Gasteiger partial charge on any atom is -0.316 e. The lowest BCUT2D eigenvalue weighted by Gasteiger charge is -2.30. The Kier molecular flexibility index (Phi) is 6.06. The third kappa shape index (κ3) is 4.12. The number of rotatable bonds is 4. The van der Waals surface area contributed by atoms with Gasteiger partial charge in [0, 0.05) is 18.0 Å². The maximum Gasteiger partial charge on any atom is 0.252 e. The Morgan fingerprint density at radius 2 is 2.07 bits per heavy atom. The number of nitriles is 1. The van der Waals surface area contributed by atoms with Gasteiger partial charge in [-0.2, -0.15) is 9.57 Å². The molecule has 3 heterocycles. The van der Waals surface area contributed by atoms with Gasteiger partial charge >= 0.3 is 0 Å². The van der Waals surface area contributed by atoms with Crippen molar-refractivity contribution in [2.75, 3.05) is 18.4 Å². The molecule has 154 valence electrons. The number of hydrogen-bond acceptors (Lipinski definition) is 6. The van der Waals surface area contributed by atoms with Crippen molar-refractivity contribution >= 4 is 43.6 Å².